The third kappa shape index (κ3) is 0.802. The molecule has 0 aromatic carbocycles. The lowest BCUT2D eigenvalue weighted by Gasteiger charge is -2.27. The molecule has 2 spiro atoms. The number of hydrogen-bond acceptors (Lipinski definition) is 3. The van der Waals surface area contributed by atoms with Crippen LogP contribution in [-0.2, 0) is 0 Å². The molecule has 0 aromatic rings. The number of hydrogen-bond donors (Lipinski definition) is 2. The fraction of sp³-hybridized carbons (Fsp3) is 1.00. The van der Waals surface area contributed by atoms with E-state index in [-0.39, 0.29) is 0 Å². The number of fused-ring (bicyclic) bond motifs is 2. The van der Waals surface area contributed by atoms with E-state index in [2.05, 4.69) is 0 Å². The zero-order valence-electron chi connectivity index (χ0n) is 8.37. The molecule has 14 heavy (non-hydrogen) atoms. The first-order chi connectivity index (χ1) is 6.56. The molecule has 1 unspecified atom stereocenters. The molecule has 0 radical (unpaired) electrons. The minimum absolute atomic E-state index is 0.301. The maximum Gasteiger partial charge on any atom is 0.225 e. The average Bonchev–Trinajstić information content (AvgIpc) is 2.90. The van der Waals surface area contributed by atoms with E-state index in [9.17, 15) is 10.2 Å². The summed E-state index contributed by atoms with van der Waals surface area (Å²) in [4.78, 5) is 1.99. The molecule has 3 nitrogen and oxygen atoms in total. The van der Waals surface area contributed by atoms with Gasteiger partial charge in [0.05, 0.1) is 0 Å². The van der Waals surface area contributed by atoms with Gasteiger partial charge in [-0.1, -0.05) is 0 Å². The second-order valence-electron chi connectivity index (χ2n) is 6.16. The molecule has 4 fully saturated rings. The summed E-state index contributed by atoms with van der Waals surface area (Å²) >= 11 is 0. The number of aliphatic hydroxyl groups is 2. The molecule has 3 heteroatoms. The van der Waals surface area contributed by atoms with Gasteiger partial charge in [0.1, 0.15) is 0 Å². The van der Waals surface area contributed by atoms with Crippen molar-refractivity contribution in [2.75, 3.05) is 6.54 Å². The van der Waals surface area contributed by atoms with Gasteiger partial charge in [-0.15, -0.1) is 0 Å². The predicted octanol–water partition coefficient (Wildman–Crippen LogP) is 0.663. The van der Waals surface area contributed by atoms with Crippen molar-refractivity contribution in [1.82, 2.24) is 4.90 Å². The van der Waals surface area contributed by atoms with Gasteiger partial charge in [0.2, 0.25) is 5.91 Å². The van der Waals surface area contributed by atoms with Crippen LogP contribution in [0.5, 0.6) is 0 Å². The van der Waals surface area contributed by atoms with Crippen LogP contribution in [0.15, 0.2) is 0 Å². The maximum absolute atomic E-state index is 9.98. The molecule has 0 amide bonds. The van der Waals surface area contributed by atoms with Crippen LogP contribution in [0.1, 0.15) is 38.5 Å². The van der Waals surface area contributed by atoms with E-state index < -0.39 is 5.91 Å². The summed E-state index contributed by atoms with van der Waals surface area (Å²) in [6, 6.07) is 0.486. The Hall–Kier alpha value is -0.120. The van der Waals surface area contributed by atoms with Gasteiger partial charge in [0.15, 0.2) is 0 Å². The monoisotopic (exact) mass is 195 g/mol. The van der Waals surface area contributed by atoms with Gasteiger partial charge in [-0.05, 0) is 42.9 Å². The largest absolute Gasteiger partial charge is 0.353 e. The molecular formula is C11H17NO2. The SMILES string of the molecule is OC1(O)CC2(CC2)C2CC3(CC3)CN21. The fourth-order valence-electron chi connectivity index (χ4n) is 3.88. The second kappa shape index (κ2) is 1.91. The molecule has 1 atom stereocenters. The van der Waals surface area contributed by atoms with Gasteiger partial charge in [-0.3, -0.25) is 0 Å². The predicted molar refractivity (Wildman–Crippen MR) is 50.2 cm³/mol. The minimum Gasteiger partial charge on any atom is -0.353 e. The summed E-state index contributed by atoms with van der Waals surface area (Å²) in [5.41, 5.74) is 0.799. The normalized spacial score (nSPS) is 44.6. The molecule has 2 aliphatic carbocycles. The van der Waals surface area contributed by atoms with E-state index in [1.807, 2.05) is 4.90 Å². The van der Waals surface area contributed by atoms with Crippen LogP contribution in [0.4, 0.5) is 0 Å². The first kappa shape index (κ1) is 8.08. The van der Waals surface area contributed by atoms with Crippen molar-refractivity contribution in [2.45, 2.75) is 50.5 Å². The Kier molecular flexibility index (Phi) is 1.10. The molecule has 2 heterocycles. The highest BCUT2D eigenvalue weighted by Gasteiger charge is 2.70. The van der Waals surface area contributed by atoms with E-state index in [0.717, 1.165) is 6.54 Å². The highest BCUT2D eigenvalue weighted by molar-refractivity contribution is 5.19. The Labute approximate surface area is 83.7 Å². The molecule has 2 saturated heterocycles. The lowest BCUT2D eigenvalue weighted by molar-refractivity contribution is -0.247. The Morgan fingerprint density at radius 3 is 2.36 bits per heavy atom. The van der Waals surface area contributed by atoms with Crippen LogP contribution >= 0.6 is 0 Å². The standard InChI is InChI=1S/C11H17NO2/c13-11(14)6-10(3-4-10)8-5-9(1-2-9)7-12(8)11/h8,13-14H,1-7H2. The number of rotatable bonds is 0. The Morgan fingerprint density at radius 2 is 1.79 bits per heavy atom. The minimum atomic E-state index is -1.48. The van der Waals surface area contributed by atoms with Gasteiger partial charge in [0, 0.05) is 19.0 Å². The Balaban J connectivity index is 1.73. The van der Waals surface area contributed by atoms with Crippen molar-refractivity contribution in [2.24, 2.45) is 10.8 Å². The van der Waals surface area contributed by atoms with Gasteiger partial charge >= 0.3 is 0 Å². The summed E-state index contributed by atoms with van der Waals surface area (Å²) in [5.74, 6) is -1.48. The molecule has 0 aromatic heterocycles. The third-order valence-corrected chi connectivity index (χ3v) is 5.11. The van der Waals surface area contributed by atoms with E-state index in [4.69, 9.17) is 0 Å². The Morgan fingerprint density at radius 1 is 1.07 bits per heavy atom. The molecule has 0 bridgehead atoms. The zero-order chi connectivity index (χ0) is 9.60. The second-order valence-corrected chi connectivity index (χ2v) is 6.16. The number of nitrogens with zero attached hydrogens (tertiary/aromatic N) is 1. The van der Waals surface area contributed by atoms with Gasteiger partial charge < -0.3 is 10.2 Å². The molecular weight excluding hydrogens is 178 g/mol. The van der Waals surface area contributed by atoms with E-state index in [1.165, 1.54) is 32.1 Å². The van der Waals surface area contributed by atoms with Crippen LogP contribution in [0.25, 0.3) is 0 Å². The van der Waals surface area contributed by atoms with Crippen molar-refractivity contribution < 1.29 is 10.2 Å². The van der Waals surface area contributed by atoms with Crippen molar-refractivity contribution in [3.05, 3.63) is 0 Å². The first-order valence-corrected chi connectivity index (χ1v) is 5.77. The molecule has 2 N–H and O–H groups in total. The van der Waals surface area contributed by atoms with Crippen LogP contribution in [-0.4, -0.2) is 33.6 Å². The van der Waals surface area contributed by atoms with Crippen LogP contribution in [0.2, 0.25) is 0 Å². The van der Waals surface area contributed by atoms with E-state index in [1.54, 1.807) is 0 Å². The maximum atomic E-state index is 9.98. The third-order valence-electron chi connectivity index (χ3n) is 5.11. The summed E-state index contributed by atoms with van der Waals surface area (Å²) in [6.45, 7) is 0.937. The van der Waals surface area contributed by atoms with Crippen LogP contribution < -0.4 is 0 Å². The van der Waals surface area contributed by atoms with E-state index in [0.29, 0.717) is 23.3 Å². The highest BCUT2D eigenvalue weighted by Crippen LogP contribution is 2.69. The van der Waals surface area contributed by atoms with Crippen molar-refractivity contribution in [3.63, 3.8) is 0 Å². The van der Waals surface area contributed by atoms with Gasteiger partial charge in [-0.2, -0.15) is 0 Å². The first-order valence-electron chi connectivity index (χ1n) is 5.77. The molecule has 78 valence electrons. The fourth-order valence-corrected chi connectivity index (χ4v) is 3.88. The average molecular weight is 195 g/mol. The summed E-state index contributed by atoms with van der Waals surface area (Å²) in [6.07, 6.45) is 6.88. The lowest BCUT2D eigenvalue weighted by Crippen LogP contribution is -2.44. The molecule has 4 rings (SSSR count). The zero-order valence-corrected chi connectivity index (χ0v) is 8.37. The quantitative estimate of drug-likeness (QED) is 0.558. The summed E-state index contributed by atoms with van der Waals surface area (Å²) < 4.78 is 0. The Bertz CT molecular complexity index is 290. The smallest absolute Gasteiger partial charge is 0.225 e. The van der Waals surface area contributed by atoms with Gasteiger partial charge in [0.25, 0.3) is 0 Å². The van der Waals surface area contributed by atoms with Crippen LogP contribution in [0.3, 0.4) is 0 Å². The molecule has 4 aliphatic rings. The van der Waals surface area contributed by atoms with Crippen molar-refractivity contribution in [1.29, 1.82) is 0 Å². The van der Waals surface area contributed by atoms with E-state index >= 15 is 0 Å². The van der Waals surface area contributed by atoms with Crippen molar-refractivity contribution in [3.8, 4) is 0 Å². The van der Waals surface area contributed by atoms with Crippen molar-refractivity contribution >= 4 is 0 Å². The molecule has 2 saturated carbocycles. The topological polar surface area (TPSA) is 43.7 Å². The van der Waals surface area contributed by atoms with Crippen LogP contribution in [0, 0.1) is 10.8 Å². The van der Waals surface area contributed by atoms with Gasteiger partial charge in [-0.25, -0.2) is 4.90 Å². The molecule has 2 aliphatic heterocycles. The summed E-state index contributed by atoms with van der Waals surface area (Å²) in [7, 11) is 0. The summed E-state index contributed by atoms with van der Waals surface area (Å²) in [5, 5.41) is 20.0. The lowest BCUT2D eigenvalue weighted by atomic mass is 9.90. The highest BCUT2D eigenvalue weighted by atomic mass is 16.5.